The van der Waals surface area contributed by atoms with Gasteiger partial charge in [-0.3, -0.25) is 4.99 Å². The molecule has 0 spiro atoms. The zero-order valence-electron chi connectivity index (χ0n) is 14.1. The molecular weight excluding hydrogens is 400 g/mol. The SMILES string of the molecule is Cc1ccc(N=Cc2cccc(C(C)(C)C)c2O)c(Cl)c1.[Cl][Ti][Cl]. The van der Waals surface area contributed by atoms with E-state index < -0.39 is 17.0 Å². The van der Waals surface area contributed by atoms with Gasteiger partial charge in [0.05, 0.1) is 10.7 Å². The van der Waals surface area contributed by atoms with Crippen LogP contribution < -0.4 is 0 Å². The standard InChI is InChI=1S/C18H20ClNO.2ClH.Ti/c1-12-8-9-16(15(19)10-12)20-11-13-6-5-7-14(17(13)21)18(2,3)4;;;/h5-11,21H,1-4H3;2*1H;/q;;;+2/p-2. The average Bonchev–Trinajstić information content (AvgIpc) is 2.47. The fraction of sp³-hybridized carbons (Fsp3) is 0.278. The van der Waals surface area contributed by atoms with Crippen LogP contribution in [0.25, 0.3) is 0 Å². The number of nitrogens with zero attached hydrogens (tertiary/aromatic N) is 1. The second-order valence-corrected chi connectivity index (χ2v) is 9.26. The summed E-state index contributed by atoms with van der Waals surface area (Å²) < 4.78 is 0. The fourth-order valence-corrected chi connectivity index (χ4v) is 2.41. The summed E-state index contributed by atoms with van der Waals surface area (Å²) in [6.07, 6.45) is 1.65. The van der Waals surface area contributed by atoms with E-state index in [2.05, 4.69) is 25.8 Å². The molecule has 0 saturated heterocycles. The number of hydrogen-bond donors (Lipinski definition) is 1. The minimum atomic E-state index is -0.556. The number of hydrogen-bond acceptors (Lipinski definition) is 2. The van der Waals surface area contributed by atoms with Gasteiger partial charge in [0.1, 0.15) is 5.75 Å². The summed E-state index contributed by atoms with van der Waals surface area (Å²) in [6, 6.07) is 11.4. The van der Waals surface area contributed by atoms with E-state index in [9.17, 15) is 5.11 Å². The number of aromatic hydroxyl groups is 1. The molecule has 0 unspecified atom stereocenters. The van der Waals surface area contributed by atoms with Gasteiger partial charge in [-0.2, -0.15) is 0 Å². The van der Waals surface area contributed by atoms with Crippen molar-refractivity contribution in [1.82, 2.24) is 0 Å². The molecule has 0 heterocycles. The molecule has 0 aliphatic heterocycles. The number of halogens is 3. The van der Waals surface area contributed by atoms with E-state index in [0.29, 0.717) is 16.3 Å². The van der Waals surface area contributed by atoms with Crippen LogP contribution in [-0.4, -0.2) is 11.3 Å². The molecule has 2 aromatic carbocycles. The molecule has 128 valence electrons. The first-order valence-electron chi connectivity index (χ1n) is 7.29. The van der Waals surface area contributed by atoms with Crippen LogP contribution in [0.3, 0.4) is 0 Å². The van der Waals surface area contributed by atoms with Crippen molar-refractivity contribution in [3.8, 4) is 5.75 Å². The summed E-state index contributed by atoms with van der Waals surface area (Å²) in [6.45, 7) is 8.19. The van der Waals surface area contributed by atoms with Crippen molar-refractivity contribution in [3.05, 3.63) is 58.1 Å². The fourth-order valence-electron chi connectivity index (χ4n) is 2.13. The van der Waals surface area contributed by atoms with Gasteiger partial charge in [-0.15, -0.1) is 0 Å². The Kier molecular flexibility index (Phi) is 8.83. The third-order valence-electron chi connectivity index (χ3n) is 3.32. The molecule has 2 aromatic rings. The Bertz CT molecular complexity index is 712. The van der Waals surface area contributed by atoms with Crippen LogP contribution in [-0.2, 0) is 22.4 Å². The monoisotopic (exact) mass is 419 g/mol. The van der Waals surface area contributed by atoms with Crippen molar-refractivity contribution in [1.29, 1.82) is 0 Å². The molecule has 2 nitrogen and oxygen atoms in total. The quantitative estimate of drug-likeness (QED) is 0.421. The first kappa shape index (κ1) is 21.5. The molecule has 0 amide bonds. The zero-order chi connectivity index (χ0) is 18.3. The van der Waals surface area contributed by atoms with Gasteiger partial charge < -0.3 is 5.11 Å². The molecule has 0 atom stereocenters. The Morgan fingerprint density at radius 1 is 1.12 bits per heavy atom. The number of rotatable bonds is 2. The van der Waals surface area contributed by atoms with Crippen molar-refractivity contribution in [2.45, 2.75) is 33.1 Å². The van der Waals surface area contributed by atoms with Crippen LogP contribution >= 0.6 is 30.2 Å². The Labute approximate surface area is 165 Å². The van der Waals surface area contributed by atoms with E-state index in [1.807, 2.05) is 43.3 Å². The summed E-state index contributed by atoms with van der Waals surface area (Å²) in [5.74, 6) is 0.275. The van der Waals surface area contributed by atoms with E-state index in [1.54, 1.807) is 6.21 Å². The third-order valence-corrected chi connectivity index (χ3v) is 3.62. The van der Waals surface area contributed by atoms with Crippen molar-refractivity contribution < 1.29 is 22.1 Å². The van der Waals surface area contributed by atoms with E-state index in [0.717, 1.165) is 11.1 Å². The van der Waals surface area contributed by atoms with Gasteiger partial charge >= 0.3 is 35.6 Å². The van der Waals surface area contributed by atoms with Crippen molar-refractivity contribution in [2.24, 2.45) is 4.99 Å². The van der Waals surface area contributed by atoms with Crippen LogP contribution in [0.15, 0.2) is 41.4 Å². The molecule has 0 saturated carbocycles. The van der Waals surface area contributed by atoms with Crippen LogP contribution in [0.4, 0.5) is 5.69 Å². The maximum absolute atomic E-state index is 10.4. The van der Waals surface area contributed by atoms with Gasteiger partial charge in [0.25, 0.3) is 0 Å². The van der Waals surface area contributed by atoms with Gasteiger partial charge in [0.15, 0.2) is 0 Å². The Morgan fingerprint density at radius 2 is 1.75 bits per heavy atom. The molecule has 0 fully saturated rings. The van der Waals surface area contributed by atoms with Gasteiger partial charge in [-0.05, 0) is 41.7 Å². The zero-order valence-corrected chi connectivity index (χ0v) is 17.9. The van der Waals surface area contributed by atoms with E-state index in [-0.39, 0.29) is 11.2 Å². The Balaban J connectivity index is 0.000000891. The number of aryl methyl sites for hydroxylation is 1. The van der Waals surface area contributed by atoms with Crippen LogP contribution in [0.5, 0.6) is 5.75 Å². The number of benzene rings is 2. The number of phenolic OH excluding ortho intramolecular Hbond substituents is 1. The predicted molar refractivity (Wildman–Crippen MR) is 102 cm³/mol. The van der Waals surface area contributed by atoms with Gasteiger partial charge in [0, 0.05) is 11.8 Å². The Hall–Kier alpha value is -0.506. The second kappa shape index (κ2) is 9.84. The van der Waals surface area contributed by atoms with E-state index in [1.165, 1.54) is 0 Å². The number of para-hydroxylation sites is 1. The van der Waals surface area contributed by atoms with Gasteiger partial charge in [-0.1, -0.05) is 50.6 Å². The predicted octanol–water partition coefficient (Wildman–Crippen LogP) is 6.78. The topological polar surface area (TPSA) is 32.6 Å². The minimum absolute atomic E-state index is 0.116. The molecule has 0 bridgehead atoms. The molecule has 1 N–H and O–H groups in total. The molecule has 24 heavy (non-hydrogen) atoms. The molecule has 0 aromatic heterocycles. The van der Waals surface area contributed by atoms with Crippen molar-refractivity contribution in [2.75, 3.05) is 0 Å². The molecule has 0 aliphatic carbocycles. The van der Waals surface area contributed by atoms with E-state index in [4.69, 9.17) is 30.2 Å². The van der Waals surface area contributed by atoms with Crippen LogP contribution in [0, 0.1) is 6.92 Å². The average molecular weight is 421 g/mol. The first-order valence-corrected chi connectivity index (χ1v) is 12.0. The maximum atomic E-state index is 10.4. The van der Waals surface area contributed by atoms with E-state index >= 15 is 0 Å². The normalized spacial score (nSPS) is 11.1. The van der Waals surface area contributed by atoms with Crippen LogP contribution in [0.1, 0.15) is 37.5 Å². The number of phenols is 1. The third kappa shape index (κ3) is 6.42. The molecule has 0 radical (unpaired) electrons. The summed E-state index contributed by atoms with van der Waals surface area (Å²) in [5, 5.41) is 11.0. The summed E-state index contributed by atoms with van der Waals surface area (Å²) in [7, 11) is 9.78. The second-order valence-electron chi connectivity index (χ2n) is 6.28. The molecular formula is C18H20Cl3NOTi. The van der Waals surface area contributed by atoms with Crippen molar-refractivity contribution in [3.63, 3.8) is 0 Å². The molecule has 2 rings (SSSR count). The number of aliphatic imine (C=N–C) groups is 1. The van der Waals surface area contributed by atoms with Gasteiger partial charge in [-0.25, -0.2) is 0 Å². The molecule has 6 heteroatoms. The summed E-state index contributed by atoms with van der Waals surface area (Å²) in [5.41, 5.74) is 3.27. The summed E-state index contributed by atoms with van der Waals surface area (Å²) >= 11 is 5.61. The molecule has 0 aliphatic rings. The Morgan fingerprint density at radius 3 is 2.29 bits per heavy atom. The van der Waals surface area contributed by atoms with Gasteiger partial charge in [0.2, 0.25) is 0 Å². The van der Waals surface area contributed by atoms with Crippen molar-refractivity contribution >= 4 is 42.1 Å². The van der Waals surface area contributed by atoms with Crippen LogP contribution in [0.2, 0.25) is 5.02 Å². The first-order chi connectivity index (χ1) is 11.2. The summed E-state index contributed by atoms with van der Waals surface area (Å²) in [4.78, 5) is 4.38.